The first-order valence-corrected chi connectivity index (χ1v) is 7.37. The average Bonchev–Trinajstić information content (AvgIpc) is 3.05. The van der Waals surface area contributed by atoms with Crippen molar-refractivity contribution in [2.24, 2.45) is 17.8 Å². The van der Waals surface area contributed by atoms with Crippen LogP contribution in [-0.4, -0.2) is 16.9 Å². The van der Waals surface area contributed by atoms with Crippen molar-refractivity contribution in [2.45, 2.75) is 38.6 Å². The van der Waals surface area contributed by atoms with E-state index < -0.39 is 0 Å². The summed E-state index contributed by atoms with van der Waals surface area (Å²) < 4.78 is 0. The van der Waals surface area contributed by atoms with Gasteiger partial charge in [-0.1, -0.05) is 6.42 Å². The zero-order valence-electron chi connectivity index (χ0n) is 10.1. The molecule has 0 aliphatic heterocycles. The van der Waals surface area contributed by atoms with Crippen molar-refractivity contribution >= 4 is 17.2 Å². The Bertz CT molecular complexity index is 404. The molecule has 4 atom stereocenters. The highest BCUT2D eigenvalue weighted by Crippen LogP contribution is 2.49. The molecule has 0 aromatic carbocycles. The molecule has 2 aliphatic carbocycles. The van der Waals surface area contributed by atoms with E-state index in [1.807, 2.05) is 5.38 Å². The van der Waals surface area contributed by atoms with Crippen LogP contribution in [0.3, 0.4) is 0 Å². The molecule has 2 fully saturated rings. The van der Waals surface area contributed by atoms with E-state index in [0.717, 1.165) is 11.8 Å². The van der Waals surface area contributed by atoms with Crippen LogP contribution in [0.2, 0.25) is 0 Å². The van der Waals surface area contributed by atoms with Crippen LogP contribution in [0.1, 0.15) is 43.1 Å². The number of hydrogen-bond acceptors (Lipinski definition) is 3. The van der Waals surface area contributed by atoms with Crippen LogP contribution in [0.4, 0.5) is 0 Å². The van der Waals surface area contributed by atoms with Gasteiger partial charge < -0.3 is 5.32 Å². The molecule has 0 spiro atoms. The minimum absolute atomic E-state index is 0.0125. The van der Waals surface area contributed by atoms with Gasteiger partial charge in [0.15, 0.2) is 0 Å². The Morgan fingerprint density at radius 3 is 3.00 bits per heavy atom. The molecule has 92 valence electrons. The number of fused-ring (bicyclic) bond motifs is 2. The predicted octanol–water partition coefficient (Wildman–Crippen LogP) is 2.70. The summed E-state index contributed by atoms with van der Waals surface area (Å²) in [5, 5.41) is 4.92. The van der Waals surface area contributed by atoms with Crippen LogP contribution in [0.5, 0.6) is 0 Å². The number of rotatable bonds is 3. The Kier molecular flexibility index (Phi) is 2.90. The van der Waals surface area contributed by atoms with Crippen molar-refractivity contribution in [1.82, 2.24) is 10.3 Å². The molecule has 17 heavy (non-hydrogen) atoms. The normalized spacial score (nSPS) is 32.6. The zero-order chi connectivity index (χ0) is 11.8. The number of carbonyl (C=O) groups is 1. The molecule has 2 aliphatic rings. The van der Waals surface area contributed by atoms with Gasteiger partial charge >= 0.3 is 0 Å². The molecular formula is C13H18N2OS. The summed E-state index contributed by atoms with van der Waals surface area (Å²) in [6.07, 6.45) is 5.48. The Balaban J connectivity index is 1.60. The lowest BCUT2D eigenvalue weighted by Gasteiger charge is -2.28. The fourth-order valence-electron chi connectivity index (χ4n) is 3.62. The van der Waals surface area contributed by atoms with Crippen LogP contribution in [0.25, 0.3) is 0 Å². The van der Waals surface area contributed by atoms with E-state index >= 15 is 0 Å². The highest BCUT2D eigenvalue weighted by atomic mass is 32.1. The van der Waals surface area contributed by atoms with Gasteiger partial charge in [-0.05, 0) is 43.9 Å². The topological polar surface area (TPSA) is 42.0 Å². The van der Waals surface area contributed by atoms with Gasteiger partial charge in [0.1, 0.15) is 5.69 Å². The fourth-order valence-corrected chi connectivity index (χ4v) is 4.15. The second-order valence-electron chi connectivity index (χ2n) is 5.47. The molecule has 0 saturated heterocycles. The number of thiazole rings is 1. The first-order valence-electron chi connectivity index (χ1n) is 6.43. The largest absolute Gasteiger partial charge is 0.348 e. The third kappa shape index (κ3) is 2.10. The smallest absolute Gasteiger partial charge is 0.270 e. The monoisotopic (exact) mass is 250 g/mol. The van der Waals surface area contributed by atoms with Crippen LogP contribution < -0.4 is 5.32 Å². The van der Waals surface area contributed by atoms with E-state index in [1.54, 1.807) is 5.51 Å². The second kappa shape index (κ2) is 4.41. The predicted molar refractivity (Wildman–Crippen MR) is 68.0 cm³/mol. The van der Waals surface area contributed by atoms with E-state index in [0.29, 0.717) is 17.7 Å². The van der Waals surface area contributed by atoms with Crippen molar-refractivity contribution < 1.29 is 4.79 Å². The minimum atomic E-state index is -0.0125. The van der Waals surface area contributed by atoms with Gasteiger partial charge in [0.05, 0.1) is 5.51 Å². The summed E-state index contributed by atoms with van der Waals surface area (Å²) in [5.41, 5.74) is 2.27. The van der Waals surface area contributed by atoms with Crippen LogP contribution in [0, 0.1) is 17.8 Å². The summed E-state index contributed by atoms with van der Waals surface area (Å²) >= 11 is 1.47. The van der Waals surface area contributed by atoms with E-state index in [9.17, 15) is 4.79 Å². The Morgan fingerprint density at radius 1 is 1.53 bits per heavy atom. The summed E-state index contributed by atoms with van der Waals surface area (Å²) in [5.74, 6) is 2.47. The highest BCUT2D eigenvalue weighted by Gasteiger charge is 2.42. The third-order valence-corrected chi connectivity index (χ3v) is 5.05. The molecule has 2 saturated carbocycles. The van der Waals surface area contributed by atoms with Crippen molar-refractivity contribution in [3.63, 3.8) is 0 Å². The first-order chi connectivity index (χ1) is 8.24. The number of amides is 1. The molecule has 3 rings (SSSR count). The zero-order valence-corrected chi connectivity index (χ0v) is 10.9. The molecule has 1 aromatic heterocycles. The minimum Gasteiger partial charge on any atom is -0.348 e. The molecular weight excluding hydrogens is 232 g/mol. The van der Waals surface area contributed by atoms with Crippen LogP contribution in [0.15, 0.2) is 10.9 Å². The molecule has 2 bridgehead atoms. The number of nitrogens with zero attached hydrogens (tertiary/aromatic N) is 1. The lowest BCUT2D eigenvalue weighted by atomic mass is 9.84. The quantitative estimate of drug-likeness (QED) is 0.896. The lowest BCUT2D eigenvalue weighted by molar-refractivity contribution is 0.0911. The van der Waals surface area contributed by atoms with Crippen molar-refractivity contribution in [2.75, 3.05) is 0 Å². The van der Waals surface area contributed by atoms with Gasteiger partial charge in [-0.25, -0.2) is 4.98 Å². The second-order valence-corrected chi connectivity index (χ2v) is 6.19. The third-order valence-electron chi connectivity index (χ3n) is 4.46. The van der Waals surface area contributed by atoms with Gasteiger partial charge in [0, 0.05) is 11.4 Å². The van der Waals surface area contributed by atoms with Crippen LogP contribution >= 0.6 is 11.3 Å². The van der Waals surface area contributed by atoms with Crippen LogP contribution in [-0.2, 0) is 0 Å². The maximum Gasteiger partial charge on any atom is 0.270 e. The highest BCUT2D eigenvalue weighted by molar-refractivity contribution is 7.07. The molecule has 0 radical (unpaired) electrons. The molecule has 3 nitrogen and oxygen atoms in total. The lowest BCUT2D eigenvalue weighted by Crippen LogP contribution is -2.40. The van der Waals surface area contributed by atoms with E-state index in [2.05, 4.69) is 17.2 Å². The van der Waals surface area contributed by atoms with Gasteiger partial charge in [-0.2, -0.15) is 0 Å². The van der Waals surface area contributed by atoms with Crippen molar-refractivity contribution in [3.05, 3.63) is 16.6 Å². The summed E-state index contributed by atoms with van der Waals surface area (Å²) in [6, 6.07) is 0.291. The Labute approximate surface area is 106 Å². The average molecular weight is 250 g/mol. The van der Waals surface area contributed by atoms with Gasteiger partial charge in [-0.15, -0.1) is 11.3 Å². The molecule has 4 unspecified atom stereocenters. The van der Waals surface area contributed by atoms with Gasteiger partial charge in [-0.3, -0.25) is 4.79 Å². The number of aromatic nitrogens is 1. The number of carbonyl (C=O) groups excluding carboxylic acids is 1. The Hall–Kier alpha value is -0.900. The Morgan fingerprint density at radius 2 is 2.41 bits per heavy atom. The molecule has 1 aromatic rings. The standard InChI is InChI=1S/C13H18N2OS/c1-8(11-5-9-2-3-10(11)4-9)15-13(16)12-6-17-7-14-12/h6-11H,2-5H2,1H3,(H,15,16). The summed E-state index contributed by atoms with van der Waals surface area (Å²) in [6.45, 7) is 2.15. The SMILES string of the molecule is CC(NC(=O)c1cscn1)C1CC2CCC1C2. The molecule has 1 amide bonds. The van der Waals surface area contributed by atoms with Gasteiger partial charge in [0.25, 0.3) is 5.91 Å². The van der Waals surface area contributed by atoms with Crippen molar-refractivity contribution in [1.29, 1.82) is 0 Å². The number of hydrogen-bond donors (Lipinski definition) is 1. The fraction of sp³-hybridized carbons (Fsp3) is 0.692. The molecule has 1 N–H and O–H groups in total. The first kappa shape index (κ1) is 11.2. The maximum atomic E-state index is 11.9. The summed E-state index contributed by atoms with van der Waals surface area (Å²) in [7, 11) is 0. The van der Waals surface area contributed by atoms with E-state index in [1.165, 1.54) is 37.0 Å². The maximum absolute atomic E-state index is 11.9. The summed E-state index contributed by atoms with van der Waals surface area (Å²) in [4.78, 5) is 16.0. The van der Waals surface area contributed by atoms with E-state index in [4.69, 9.17) is 0 Å². The van der Waals surface area contributed by atoms with Gasteiger partial charge in [0.2, 0.25) is 0 Å². The molecule has 4 heteroatoms. The number of nitrogens with one attached hydrogen (secondary N) is 1. The van der Waals surface area contributed by atoms with E-state index in [-0.39, 0.29) is 5.91 Å². The van der Waals surface area contributed by atoms with Crippen molar-refractivity contribution in [3.8, 4) is 0 Å². The molecule has 1 heterocycles.